The molecular weight excluding hydrogens is 182 g/mol. The average Bonchev–Trinajstić information content (AvgIpc) is 2.22. The summed E-state index contributed by atoms with van der Waals surface area (Å²) in [5, 5.41) is 3.63. The molecule has 0 saturated carbocycles. The summed E-state index contributed by atoms with van der Waals surface area (Å²) in [4.78, 5) is 0. The molecule has 0 aliphatic carbocycles. The van der Waals surface area contributed by atoms with Crippen molar-refractivity contribution in [3.05, 3.63) is 35.4 Å². The zero-order chi connectivity index (χ0) is 10.7. The van der Waals surface area contributed by atoms with Crippen LogP contribution in [-0.4, -0.2) is 12.6 Å². The van der Waals surface area contributed by atoms with Crippen LogP contribution < -0.4 is 5.32 Å². The van der Waals surface area contributed by atoms with Gasteiger partial charge in [0.05, 0.1) is 0 Å². The highest BCUT2D eigenvalue weighted by Crippen LogP contribution is 2.19. The van der Waals surface area contributed by atoms with Gasteiger partial charge in [0.1, 0.15) is 0 Å². The summed E-state index contributed by atoms with van der Waals surface area (Å²) in [7, 11) is 0. The molecule has 2 rings (SSSR count). The Morgan fingerprint density at radius 3 is 2.87 bits per heavy atom. The van der Waals surface area contributed by atoms with Crippen molar-refractivity contribution < 1.29 is 0 Å². The lowest BCUT2D eigenvalue weighted by molar-refractivity contribution is 0.318. The predicted octanol–water partition coefficient (Wildman–Crippen LogP) is 2.93. The average molecular weight is 203 g/mol. The van der Waals surface area contributed by atoms with Crippen LogP contribution in [0.2, 0.25) is 0 Å². The van der Waals surface area contributed by atoms with Crippen molar-refractivity contribution in [3.63, 3.8) is 0 Å². The van der Waals surface area contributed by atoms with Crippen LogP contribution in [0.25, 0.3) is 0 Å². The standard InChI is InChI=1S/C14H21N/c1-11-7-8-15-14(9-11)10-13-6-4-3-5-12(13)2/h3-6,11,14-15H,7-10H2,1-2H3. The normalized spacial score (nSPS) is 26.5. The van der Waals surface area contributed by atoms with Crippen LogP contribution in [-0.2, 0) is 6.42 Å². The number of benzene rings is 1. The number of hydrogen-bond acceptors (Lipinski definition) is 1. The van der Waals surface area contributed by atoms with Crippen LogP contribution >= 0.6 is 0 Å². The Kier molecular flexibility index (Phi) is 3.42. The first kappa shape index (κ1) is 10.7. The molecule has 1 nitrogen and oxygen atoms in total. The summed E-state index contributed by atoms with van der Waals surface area (Å²) < 4.78 is 0. The number of aryl methyl sites for hydroxylation is 1. The minimum absolute atomic E-state index is 0.690. The van der Waals surface area contributed by atoms with Gasteiger partial charge in [0, 0.05) is 6.04 Å². The van der Waals surface area contributed by atoms with E-state index in [1.807, 2.05) is 0 Å². The second-order valence-electron chi connectivity index (χ2n) is 4.91. The third kappa shape index (κ3) is 2.82. The van der Waals surface area contributed by atoms with Crippen molar-refractivity contribution in [2.75, 3.05) is 6.54 Å². The molecule has 1 aliphatic rings. The highest BCUT2D eigenvalue weighted by molar-refractivity contribution is 5.26. The number of hydrogen-bond donors (Lipinski definition) is 1. The van der Waals surface area contributed by atoms with Crippen LogP contribution in [0.5, 0.6) is 0 Å². The molecule has 1 heterocycles. The fourth-order valence-electron chi connectivity index (χ4n) is 2.48. The lowest BCUT2D eigenvalue weighted by Gasteiger charge is -2.28. The molecule has 2 atom stereocenters. The first-order chi connectivity index (χ1) is 7.25. The molecule has 82 valence electrons. The van der Waals surface area contributed by atoms with Crippen LogP contribution in [0, 0.1) is 12.8 Å². The van der Waals surface area contributed by atoms with Crippen LogP contribution in [0.4, 0.5) is 0 Å². The second-order valence-corrected chi connectivity index (χ2v) is 4.91. The van der Waals surface area contributed by atoms with E-state index in [0.29, 0.717) is 6.04 Å². The third-order valence-electron chi connectivity index (χ3n) is 3.48. The van der Waals surface area contributed by atoms with Crippen LogP contribution in [0.3, 0.4) is 0 Å². The Hall–Kier alpha value is -0.820. The van der Waals surface area contributed by atoms with E-state index >= 15 is 0 Å². The molecule has 1 N–H and O–H groups in total. The quantitative estimate of drug-likeness (QED) is 0.779. The molecule has 0 radical (unpaired) electrons. The fourth-order valence-corrected chi connectivity index (χ4v) is 2.48. The van der Waals surface area contributed by atoms with Gasteiger partial charge in [0.15, 0.2) is 0 Å². The first-order valence-electron chi connectivity index (χ1n) is 6.03. The highest BCUT2D eigenvalue weighted by Gasteiger charge is 2.18. The Morgan fingerprint density at radius 1 is 1.33 bits per heavy atom. The Labute approximate surface area is 92.9 Å². The van der Waals surface area contributed by atoms with Crippen molar-refractivity contribution in [2.24, 2.45) is 5.92 Å². The van der Waals surface area contributed by atoms with Gasteiger partial charge in [-0.3, -0.25) is 0 Å². The van der Waals surface area contributed by atoms with Gasteiger partial charge in [-0.25, -0.2) is 0 Å². The summed E-state index contributed by atoms with van der Waals surface area (Å²) in [6, 6.07) is 9.43. The maximum atomic E-state index is 3.63. The predicted molar refractivity (Wildman–Crippen MR) is 65.1 cm³/mol. The molecule has 1 aliphatic heterocycles. The van der Waals surface area contributed by atoms with Crippen LogP contribution in [0.1, 0.15) is 30.9 Å². The third-order valence-corrected chi connectivity index (χ3v) is 3.48. The summed E-state index contributed by atoms with van der Waals surface area (Å²) in [5.74, 6) is 0.889. The van der Waals surface area contributed by atoms with Crippen LogP contribution in [0.15, 0.2) is 24.3 Å². The zero-order valence-electron chi connectivity index (χ0n) is 9.79. The Bertz CT molecular complexity index is 319. The Morgan fingerprint density at radius 2 is 2.13 bits per heavy atom. The summed E-state index contributed by atoms with van der Waals surface area (Å²) in [6.45, 7) is 5.77. The summed E-state index contributed by atoms with van der Waals surface area (Å²) in [6.07, 6.45) is 3.86. The van der Waals surface area contributed by atoms with Crippen molar-refractivity contribution in [2.45, 2.75) is 39.2 Å². The van der Waals surface area contributed by atoms with Gasteiger partial charge in [-0.15, -0.1) is 0 Å². The van der Waals surface area contributed by atoms with Crippen molar-refractivity contribution in [1.29, 1.82) is 0 Å². The molecule has 2 unspecified atom stereocenters. The van der Waals surface area contributed by atoms with E-state index < -0.39 is 0 Å². The zero-order valence-corrected chi connectivity index (χ0v) is 9.79. The molecule has 0 amide bonds. The van der Waals surface area contributed by atoms with Gasteiger partial charge in [-0.1, -0.05) is 31.2 Å². The molecule has 1 heteroatoms. The monoisotopic (exact) mass is 203 g/mol. The molecule has 1 saturated heterocycles. The maximum Gasteiger partial charge on any atom is 0.0110 e. The van der Waals surface area contributed by atoms with E-state index in [1.165, 1.54) is 36.9 Å². The van der Waals surface area contributed by atoms with E-state index in [0.717, 1.165) is 5.92 Å². The number of rotatable bonds is 2. The smallest absolute Gasteiger partial charge is 0.0110 e. The first-order valence-corrected chi connectivity index (χ1v) is 6.03. The fraction of sp³-hybridized carbons (Fsp3) is 0.571. The largest absolute Gasteiger partial charge is 0.314 e. The van der Waals surface area contributed by atoms with E-state index in [9.17, 15) is 0 Å². The second kappa shape index (κ2) is 4.80. The van der Waals surface area contributed by atoms with Gasteiger partial charge < -0.3 is 5.32 Å². The molecule has 0 spiro atoms. The van der Waals surface area contributed by atoms with E-state index in [-0.39, 0.29) is 0 Å². The maximum absolute atomic E-state index is 3.63. The van der Waals surface area contributed by atoms with Crippen molar-refractivity contribution in [1.82, 2.24) is 5.32 Å². The molecule has 1 aromatic carbocycles. The van der Waals surface area contributed by atoms with E-state index in [4.69, 9.17) is 0 Å². The molecule has 15 heavy (non-hydrogen) atoms. The van der Waals surface area contributed by atoms with E-state index in [2.05, 4.69) is 43.4 Å². The number of piperidine rings is 1. The van der Waals surface area contributed by atoms with Crippen molar-refractivity contribution >= 4 is 0 Å². The lowest BCUT2D eigenvalue weighted by Crippen LogP contribution is -2.38. The van der Waals surface area contributed by atoms with Crippen molar-refractivity contribution in [3.8, 4) is 0 Å². The molecule has 0 aromatic heterocycles. The molecule has 0 bridgehead atoms. The highest BCUT2D eigenvalue weighted by atomic mass is 14.9. The molecule has 1 aromatic rings. The SMILES string of the molecule is Cc1ccccc1CC1CC(C)CCN1. The van der Waals surface area contributed by atoms with Gasteiger partial charge >= 0.3 is 0 Å². The minimum atomic E-state index is 0.690. The van der Waals surface area contributed by atoms with E-state index in [1.54, 1.807) is 0 Å². The van der Waals surface area contributed by atoms with Gasteiger partial charge in [-0.2, -0.15) is 0 Å². The van der Waals surface area contributed by atoms with Gasteiger partial charge in [0.25, 0.3) is 0 Å². The van der Waals surface area contributed by atoms with Gasteiger partial charge in [0.2, 0.25) is 0 Å². The van der Waals surface area contributed by atoms with Gasteiger partial charge in [-0.05, 0) is 49.8 Å². The molecular formula is C14H21N. The minimum Gasteiger partial charge on any atom is -0.314 e. The summed E-state index contributed by atoms with van der Waals surface area (Å²) >= 11 is 0. The Balaban J connectivity index is 1.99. The molecule has 1 fully saturated rings. The lowest BCUT2D eigenvalue weighted by atomic mass is 9.89. The topological polar surface area (TPSA) is 12.0 Å². The summed E-state index contributed by atoms with van der Waals surface area (Å²) in [5.41, 5.74) is 2.93. The number of nitrogens with one attached hydrogen (secondary N) is 1.